The number of piperidine rings is 1. The van der Waals surface area contributed by atoms with E-state index < -0.39 is 0 Å². The number of amides is 1. The Kier molecular flexibility index (Phi) is 5.50. The summed E-state index contributed by atoms with van der Waals surface area (Å²) in [7, 11) is 2.15. The van der Waals surface area contributed by atoms with Gasteiger partial charge in [0.2, 0.25) is 0 Å². The van der Waals surface area contributed by atoms with Crippen molar-refractivity contribution in [1.29, 1.82) is 5.26 Å². The lowest BCUT2D eigenvalue weighted by Crippen LogP contribution is -2.36. The van der Waals surface area contributed by atoms with Gasteiger partial charge in [0, 0.05) is 23.4 Å². The number of carbonyl (C=O) groups is 1. The summed E-state index contributed by atoms with van der Waals surface area (Å²) in [6.07, 6.45) is 2.23. The molecule has 9 heteroatoms. The fourth-order valence-electron chi connectivity index (χ4n) is 4.01. The van der Waals surface area contributed by atoms with Gasteiger partial charge in [-0.2, -0.15) is 10.4 Å². The molecule has 4 N–H and O–H groups in total. The van der Waals surface area contributed by atoms with Crippen LogP contribution in [0.15, 0.2) is 48.5 Å². The predicted octanol–water partition coefficient (Wildman–Crippen LogP) is 3.58. The molecule has 2 aromatic heterocycles. The second-order valence-corrected chi connectivity index (χ2v) is 8.35. The number of nitrogens with zero attached hydrogens (tertiary/aromatic N) is 4. The number of hydrogen-bond donors (Lipinski definition) is 4. The van der Waals surface area contributed by atoms with Crippen molar-refractivity contribution in [2.75, 3.05) is 30.8 Å². The fraction of sp³-hybridized carbons (Fsp3) is 0.250. The highest BCUT2D eigenvalue weighted by Crippen LogP contribution is 2.22. The number of aromatic nitrogens is 4. The van der Waals surface area contributed by atoms with Gasteiger partial charge < -0.3 is 20.5 Å². The van der Waals surface area contributed by atoms with E-state index in [-0.39, 0.29) is 5.91 Å². The molecule has 4 aromatic rings. The van der Waals surface area contributed by atoms with Crippen molar-refractivity contribution >= 4 is 28.4 Å². The Morgan fingerprint density at radius 2 is 1.94 bits per heavy atom. The van der Waals surface area contributed by atoms with Crippen LogP contribution in [0, 0.1) is 11.3 Å². The molecule has 33 heavy (non-hydrogen) atoms. The molecule has 0 unspecified atom stereocenters. The average molecular weight is 441 g/mol. The van der Waals surface area contributed by atoms with Gasteiger partial charge in [-0.3, -0.25) is 9.89 Å². The van der Waals surface area contributed by atoms with Crippen LogP contribution in [-0.2, 0) is 0 Å². The predicted molar refractivity (Wildman–Crippen MR) is 127 cm³/mol. The van der Waals surface area contributed by atoms with Gasteiger partial charge in [-0.15, -0.1) is 0 Å². The number of aromatic amines is 2. The number of benzene rings is 2. The Morgan fingerprint density at radius 1 is 1.15 bits per heavy atom. The van der Waals surface area contributed by atoms with E-state index >= 15 is 0 Å². The molecular formula is C24H24N8O. The smallest absolute Gasteiger partial charge is 0.256 e. The maximum atomic E-state index is 12.7. The van der Waals surface area contributed by atoms with Gasteiger partial charge in [0.15, 0.2) is 5.82 Å². The maximum absolute atomic E-state index is 12.7. The molecule has 3 heterocycles. The molecule has 0 saturated carbocycles. The van der Waals surface area contributed by atoms with Crippen LogP contribution >= 0.6 is 0 Å². The molecule has 1 aliphatic rings. The third-order valence-corrected chi connectivity index (χ3v) is 5.92. The van der Waals surface area contributed by atoms with E-state index in [2.05, 4.69) is 48.8 Å². The van der Waals surface area contributed by atoms with Crippen LogP contribution in [0.5, 0.6) is 0 Å². The lowest BCUT2D eigenvalue weighted by Gasteiger charge is -2.30. The van der Waals surface area contributed by atoms with E-state index in [0.29, 0.717) is 34.5 Å². The molecule has 0 spiro atoms. The number of hydrogen-bond acceptors (Lipinski definition) is 6. The number of imidazole rings is 1. The van der Waals surface area contributed by atoms with E-state index in [9.17, 15) is 4.79 Å². The summed E-state index contributed by atoms with van der Waals surface area (Å²) >= 11 is 0. The highest BCUT2D eigenvalue weighted by molar-refractivity contribution is 6.04. The summed E-state index contributed by atoms with van der Waals surface area (Å²) in [5.74, 6) is 0.808. The van der Waals surface area contributed by atoms with Crippen molar-refractivity contribution in [2.24, 2.45) is 0 Å². The van der Waals surface area contributed by atoms with E-state index in [1.165, 1.54) is 0 Å². The number of nitriles is 1. The third kappa shape index (κ3) is 4.56. The van der Waals surface area contributed by atoms with E-state index in [1.54, 1.807) is 24.3 Å². The second-order valence-electron chi connectivity index (χ2n) is 8.35. The number of rotatable bonds is 5. The van der Waals surface area contributed by atoms with Crippen molar-refractivity contribution in [1.82, 2.24) is 25.1 Å². The van der Waals surface area contributed by atoms with E-state index in [0.717, 1.165) is 42.7 Å². The normalized spacial score (nSPS) is 14.8. The molecule has 9 nitrogen and oxygen atoms in total. The van der Waals surface area contributed by atoms with E-state index in [1.807, 2.05) is 24.3 Å². The van der Waals surface area contributed by atoms with Gasteiger partial charge in [-0.25, -0.2) is 4.98 Å². The van der Waals surface area contributed by atoms with Crippen LogP contribution in [0.3, 0.4) is 0 Å². The van der Waals surface area contributed by atoms with Crippen molar-refractivity contribution in [3.8, 4) is 17.6 Å². The average Bonchev–Trinajstić information content (AvgIpc) is 3.47. The highest BCUT2D eigenvalue weighted by Gasteiger charge is 2.17. The Labute approximate surface area is 190 Å². The minimum atomic E-state index is -0.223. The number of carbonyl (C=O) groups excluding carboxylic acids is 1. The Hall–Kier alpha value is -4.16. The molecule has 2 aromatic carbocycles. The molecule has 5 rings (SSSR count). The zero-order chi connectivity index (χ0) is 22.8. The first-order chi connectivity index (χ1) is 16.1. The number of fused-ring (bicyclic) bond motifs is 1. The standard InChI is InChI=1S/C24H24N8O/c1-32-10-8-18(9-11-32)26-17-5-3-16(4-6-17)24(33)29-22-13-21(30-31-22)23-27-19-7-2-15(14-25)12-20(19)28-23/h2-7,12-13,18,26H,8-11H2,1H3,(H,27,28)(H2,29,30,31,33). The van der Waals surface area contributed by atoms with Gasteiger partial charge in [-0.05, 0) is 75.4 Å². The number of likely N-dealkylation sites (tertiary alicyclic amines) is 1. The second kappa shape index (κ2) is 8.76. The van der Waals surface area contributed by atoms with Gasteiger partial charge in [0.25, 0.3) is 5.91 Å². The Balaban J connectivity index is 1.23. The van der Waals surface area contributed by atoms with Crippen LogP contribution in [0.2, 0.25) is 0 Å². The first-order valence-electron chi connectivity index (χ1n) is 10.9. The van der Waals surface area contributed by atoms with Crippen LogP contribution in [0.25, 0.3) is 22.6 Å². The van der Waals surface area contributed by atoms with Crippen molar-refractivity contribution in [2.45, 2.75) is 18.9 Å². The topological polar surface area (TPSA) is 126 Å². The lowest BCUT2D eigenvalue weighted by molar-refractivity contribution is 0.102. The highest BCUT2D eigenvalue weighted by atomic mass is 16.1. The number of anilines is 2. The first-order valence-corrected chi connectivity index (χ1v) is 10.9. The van der Waals surface area contributed by atoms with Gasteiger partial charge in [-0.1, -0.05) is 0 Å². The molecule has 166 valence electrons. The number of nitrogens with one attached hydrogen (secondary N) is 4. The third-order valence-electron chi connectivity index (χ3n) is 5.92. The van der Waals surface area contributed by atoms with Crippen LogP contribution < -0.4 is 10.6 Å². The van der Waals surface area contributed by atoms with Crippen molar-refractivity contribution < 1.29 is 4.79 Å². The SMILES string of the molecule is CN1CCC(Nc2ccc(C(=O)Nc3cc(-c4nc5ccc(C#N)cc5[nH]4)n[nH]3)cc2)CC1. The van der Waals surface area contributed by atoms with Crippen LogP contribution in [-0.4, -0.2) is 57.2 Å². The van der Waals surface area contributed by atoms with Gasteiger partial charge in [0.05, 0.1) is 22.7 Å². The van der Waals surface area contributed by atoms with Crippen LogP contribution in [0.4, 0.5) is 11.5 Å². The maximum Gasteiger partial charge on any atom is 0.256 e. The molecule has 1 amide bonds. The summed E-state index contributed by atoms with van der Waals surface area (Å²) < 4.78 is 0. The first kappa shape index (κ1) is 20.7. The molecule has 0 radical (unpaired) electrons. The quantitative estimate of drug-likeness (QED) is 0.376. The van der Waals surface area contributed by atoms with Gasteiger partial charge >= 0.3 is 0 Å². The molecule has 0 atom stereocenters. The zero-order valence-corrected chi connectivity index (χ0v) is 18.2. The summed E-state index contributed by atoms with van der Waals surface area (Å²) in [5, 5.41) is 22.5. The van der Waals surface area contributed by atoms with Crippen molar-refractivity contribution in [3.63, 3.8) is 0 Å². The van der Waals surface area contributed by atoms with Crippen LogP contribution in [0.1, 0.15) is 28.8 Å². The Bertz CT molecular complexity index is 1320. The lowest BCUT2D eigenvalue weighted by atomic mass is 10.0. The Morgan fingerprint density at radius 3 is 2.70 bits per heavy atom. The largest absolute Gasteiger partial charge is 0.382 e. The zero-order valence-electron chi connectivity index (χ0n) is 18.2. The fourth-order valence-corrected chi connectivity index (χ4v) is 4.01. The summed E-state index contributed by atoms with van der Waals surface area (Å²) in [5.41, 5.74) is 4.21. The molecule has 0 aliphatic carbocycles. The van der Waals surface area contributed by atoms with Crippen molar-refractivity contribution in [3.05, 3.63) is 59.7 Å². The summed E-state index contributed by atoms with van der Waals surface area (Å²) in [4.78, 5) is 22.7. The summed E-state index contributed by atoms with van der Waals surface area (Å²) in [6, 6.07) is 17.1. The molecule has 0 bridgehead atoms. The minimum Gasteiger partial charge on any atom is -0.382 e. The summed E-state index contributed by atoms with van der Waals surface area (Å²) in [6.45, 7) is 2.19. The van der Waals surface area contributed by atoms with Gasteiger partial charge in [0.1, 0.15) is 11.5 Å². The molecular weight excluding hydrogens is 416 g/mol. The van der Waals surface area contributed by atoms with E-state index in [4.69, 9.17) is 5.26 Å². The molecule has 1 saturated heterocycles. The number of H-pyrrole nitrogens is 2. The minimum absolute atomic E-state index is 0.223. The molecule has 1 aliphatic heterocycles. The molecule has 1 fully saturated rings. The monoisotopic (exact) mass is 440 g/mol.